The van der Waals surface area contributed by atoms with E-state index in [0.29, 0.717) is 27.6 Å². The number of ether oxygens (including phenoxy) is 1. The van der Waals surface area contributed by atoms with E-state index >= 15 is 0 Å². The van der Waals surface area contributed by atoms with E-state index in [1.165, 1.54) is 7.11 Å². The quantitative estimate of drug-likeness (QED) is 0.861. The molecule has 0 aliphatic rings. The van der Waals surface area contributed by atoms with E-state index < -0.39 is 0 Å². The Bertz CT molecular complexity index is 797. The lowest BCUT2D eigenvalue weighted by molar-refractivity contribution is 0.0919. The van der Waals surface area contributed by atoms with Crippen molar-refractivity contribution in [2.75, 3.05) is 12.4 Å². The fourth-order valence-electron chi connectivity index (χ4n) is 2.16. The van der Waals surface area contributed by atoms with Gasteiger partial charge in [-0.2, -0.15) is 0 Å². The maximum absolute atomic E-state index is 12.4. The van der Waals surface area contributed by atoms with Crippen molar-refractivity contribution in [2.45, 2.75) is 26.3 Å². The van der Waals surface area contributed by atoms with Crippen LogP contribution in [0.2, 0.25) is 5.02 Å². The topological polar surface area (TPSA) is 67.4 Å². The third-order valence-electron chi connectivity index (χ3n) is 3.29. The smallest absolute Gasteiger partial charge is 0.255 e. The second-order valence-corrected chi connectivity index (χ2v) is 7.00. The maximum atomic E-state index is 12.4. The zero-order valence-electron chi connectivity index (χ0n) is 14.6. The SMILES string of the molecule is COc1ccc(NC(=O)c2cccc(C(=O)NC(C)(C)C)c2)cc1Cl. The average molecular weight is 361 g/mol. The highest BCUT2D eigenvalue weighted by Gasteiger charge is 2.16. The molecule has 0 spiro atoms. The van der Waals surface area contributed by atoms with Crippen LogP contribution in [0.5, 0.6) is 5.75 Å². The molecule has 0 atom stereocenters. The molecule has 132 valence electrons. The van der Waals surface area contributed by atoms with E-state index in [-0.39, 0.29) is 17.4 Å². The first kappa shape index (κ1) is 18.8. The first-order chi connectivity index (χ1) is 11.7. The van der Waals surface area contributed by atoms with Crippen LogP contribution >= 0.6 is 11.6 Å². The van der Waals surface area contributed by atoms with Crippen LogP contribution in [0.4, 0.5) is 5.69 Å². The van der Waals surface area contributed by atoms with Gasteiger partial charge in [0.05, 0.1) is 12.1 Å². The minimum Gasteiger partial charge on any atom is -0.495 e. The van der Waals surface area contributed by atoms with E-state index in [2.05, 4.69) is 10.6 Å². The lowest BCUT2D eigenvalue weighted by Crippen LogP contribution is -2.40. The first-order valence-corrected chi connectivity index (χ1v) is 8.15. The van der Waals surface area contributed by atoms with Gasteiger partial charge in [0.1, 0.15) is 5.75 Å². The Hall–Kier alpha value is -2.53. The van der Waals surface area contributed by atoms with Gasteiger partial charge in [-0.3, -0.25) is 9.59 Å². The number of carbonyl (C=O) groups excluding carboxylic acids is 2. The first-order valence-electron chi connectivity index (χ1n) is 7.77. The molecule has 2 aromatic carbocycles. The van der Waals surface area contributed by atoms with Gasteiger partial charge < -0.3 is 15.4 Å². The number of halogens is 1. The molecule has 0 aromatic heterocycles. The zero-order valence-corrected chi connectivity index (χ0v) is 15.4. The van der Waals surface area contributed by atoms with E-state index in [0.717, 1.165) is 0 Å². The standard InChI is InChI=1S/C19H21ClN2O3/c1-19(2,3)22-18(24)13-7-5-6-12(10-13)17(23)21-14-8-9-16(25-4)15(20)11-14/h5-11H,1-4H3,(H,21,23)(H,22,24). The van der Waals surface area contributed by atoms with Crippen LogP contribution < -0.4 is 15.4 Å². The van der Waals surface area contributed by atoms with Gasteiger partial charge in [-0.15, -0.1) is 0 Å². The predicted octanol–water partition coefficient (Wildman–Crippen LogP) is 4.13. The number of rotatable bonds is 4. The number of benzene rings is 2. The molecule has 2 amide bonds. The Morgan fingerprint density at radius 1 is 1.00 bits per heavy atom. The summed E-state index contributed by atoms with van der Waals surface area (Å²) in [5.41, 5.74) is 0.999. The van der Waals surface area contributed by atoms with Crippen LogP contribution in [-0.2, 0) is 0 Å². The van der Waals surface area contributed by atoms with Gasteiger partial charge in [0, 0.05) is 22.4 Å². The summed E-state index contributed by atoms with van der Waals surface area (Å²) in [4.78, 5) is 24.7. The van der Waals surface area contributed by atoms with Crippen LogP contribution in [0.15, 0.2) is 42.5 Å². The number of hydrogen-bond donors (Lipinski definition) is 2. The molecule has 5 nitrogen and oxygen atoms in total. The number of nitrogens with one attached hydrogen (secondary N) is 2. The van der Waals surface area contributed by atoms with Gasteiger partial charge in [0.2, 0.25) is 0 Å². The molecule has 0 aliphatic carbocycles. The predicted molar refractivity (Wildman–Crippen MR) is 99.6 cm³/mol. The van der Waals surface area contributed by atoms with Gasteiger partial charge in [0.25, 0.3) is 11.8 Å². The fourth-order valence-corrected chi connectivity index (χ4v) is 2.42. The summed E-state index contributed by atoms with van der Waals surface area (Å²) < 4.78 is 5.08. The second kappa shape index (κ2) is 7.57. The molecule has 0 saturated carbocycles. The van der Waals surface area contributed by atoms with Crippen LogP contribution in [-0.4, -0.2) is 24.5 Å². The van der Waals surface area contributed by atoms with Gasteiger partial charge in [-0.25, -0.2) is 0 Å². The molecule has 0 aliphatic heterocycles. The van der Waals surface area contributed by atoms with Crippen molar-refractivity contribution in [1.82, 2.24) is 5.32 Å². The zero-order chi connectivity index (χ0) is 18.6. The van der Waals surface area contributed by atoms with Crippen molar-refractivity contribution in [3.63, 3.8) is 0 Å². The Kier molecular flexibility index (Phi) is 5.69. The molecule has 0 fully saturated rings. The monoisotopic (exact) mass is 360 g/mol. The van der Waals surface area contributed by atoms with Gasteiger partial charge in [-0.05, 0) is 57.2 Å². The van der Waals surface area contributed by atoms with E-state index in [9.17, 15) is 9.59 Å². The highest BCUT2D eigenvalue weighted by molar-refractivity contribution is 6.32. The maximum Gasteiger partial charge on any atom is 0.255 e. The number of amides is 2. The molecule has 0 unspecified atom stereocenters. The number of methoxy groups -OCH3 is 1. The van der Waals surface area contributed by atoms with Crippen molar-refractivity contribution >= 4 is 29.1 Å². The highest BCUT2D eigenvalue weighted by Crippen LogP contribution is 2.27. The summed E-state index contributed by atoms with van der Waals surface area (Å²) in [7, 11) is 1.52. The Morgan fingerprint density at radius 2 is 1.64 bits per heavy atom. The summed E-state index contributed by atoms with van der Waals surface area (Å²) in [6.07, 6.45) is 0. The largest absolute Gasteiger partial charge is 0.495 e. The molecule has 0 radical (unpaired) electrons. The minimum absolute atomic E-state index is 0.227. The molecular weight excluding hydrogens is 340 g/mol. The van der Waals surface area contributed by atoms with Gasteiger partial charge >= 0.3 is 0 Å². The van der Waals surface area contributed by atoms with Crippen molar-refractivity contribution in [1.29, 1.82) is 0 Å². The van der Waals surface area contributed by atoms with E-state index in [1.54, 1.807) is 42.5 Å². The third kappa shape index (κ3) is 5.22. The Labute approximate surface area is 152 Å². The second-order valence-electron chi connectivity index (χ2n) is 6.59. The van der Waals surface area contributed by atoms with Crippen LogP contribution in [0, 0.1) is 0 Å². The van der Waals surface area contributed by atoms with Crippen LogP contribution in [0.25, 0.3) is 0 Å². The van der Waals surface area contributed by atoms with Crippen molar-refractivity contribution < 1.29 is 14.3 Å². The van der Waals surface area contributed by atoms with Crippen molar-refractivity contribution in [2.24, 2.45) is 0 Å². The van der Waals surface area contributed by atoms with Crippen LogP contribution in [0.1, 0.15) is 41.5 Å². The van der Waals surface area contributed by atoms with E-state index in [1.807, 2.05) is 20.8 Å². The van der Waals surface area contributed by atoms with Crippen molar-refractivity contribution in [3.8, 4) is 5.75 Å². The summed E-state index contributed by atoms with van der Waals surface area (Å²) in [5, 5.41) is 6.03. The average Bonchev–Trinajstić information content (AvgIpc) is 2.53. The number of anilines is 1. The minimum atomic E-state index is -0.352. The summed E-state index contributed by atoms with van der Waals surface area (Å²) in [6.45, 7) is 5.69. The lowest BCUT2D eigenvalue weighted by Gasteiger charge is -2.20. The third-order valence-corrected chi connectivity index (χ3v) is 3.58. The van der Waals surface area contributed by atoms with Crippen molar-refractivity contribution in [3.05, 3.63) is 58.6 Å². The summed E-state index contributed by atoms with van der Waals surface area (Å²) >= 11 is 6.06. The molecule has 2 N–H and O–H groups in total. The molecule has 6 heteroatoms. The summed E-state index contributed by atoms with van der Waals surface area (Å²) in [6, 6.07) is 11.5. The van der Waals surface area contributed by atoms with E-state index in [4.69, 9.17) is 16.3 Å². The molecule has 0 bridgehead atoms. The molecule has 2 rings (SSSR count). The highest BCUT2D eigenvalue weighted by atomic mass is 35.5. The van der Waals surface area contributed by atoms with Gasteiger partial charge in [-0.1, -0.05) is 17.7 Å². The molecular formula is C19H21ClN2O3. The number of carbonyl (C=O) groups is 2. The molecule has 0 saturated heterocycles. The molecule has 2 aromatic rings. The molecule has 0 heterocycles. The fraction of sp³-hybridized carbons (Fsp3) is 0.263. The molecule has 25 heavy (non-hydrogen) atoms. The summed E-state index contributed by atoms with van der Waals surface area (Å²) in [5.74, 6) is -0.0261. The number of hydrogen-bond acceptors (Lipinski definition) is 3. The Morgan fingerprint density at radius 3 is 2.20 bits per heavy atom. The van der Waals surface area contributed by atoms with Crippen LogP contribution in [0.3, 0.4) is 0 Å². The normalized spacial score (nSPS) is 10.9. The Balaban J connectivity index is 2.16. The lowest BCUT2D eigenvalue weighted by atomic mass is 10.1. The van der Waals surface area contributed by atoms with Gasteiger partial charge in [0.15, 0.2) is 0 Å².